The van der Waals surface area contributed by atoms with E-state index < -0.39 is 0 Å². The van der Waals surface area contributed by atoms with Crippen LogP contribution in [-0.2, 0) is 6.42 Å². The average Bonchev–Trinajstić information content (AvgIpc) is 2.39. The Morgan fingerprint density at radius 1 is 1.17 bits per heavy atom. The Labute approximate surface area is 115 Å². The van der Waals surface area contributed by atoms with Crippen LogP contribution >= 0.6 is 15.9 Å². The Morgan fingerprint density at radius 2 is 1.89 bits per heavy atom. The molecule has 2 rings (SSSR count). The van der Waals surface area contributed by atoms with Crippen LogP contribution in [0.4, 0.5) is 4.39 Å². The number of hydrogen-bond donors (Lipinski definition) is 0. The molecule has 1 nitrogen and oxygen atoms in total. The van der Waals surface area contributed by atoms with Crippen LogP contribution in [-0.4, -0.2) is 7.11 Å². The molecule has 1 atom stereocenters. The van der Waals surface area contributed by atoms with Gasteiger partial charge in [-0.3, -0.25) is 0 Å². The number of rotatable bonds is 4. The zero-order valence-corrected chi connectivity index (χ0v) is 11.7. The van der Waals surface area contributed by atoms with Crippen molar-refractivity contribution in [1.82, 2.24) is 0 Å². The largest absolute Gasteiger partial charge is 0.494 e. The molecule has 2 aromatic carbocycles. The Bertz CT molecular complexity index is 513. The maximum Gasteiger partial charge on any atom is 0.165 e. The molecule has 0 aliphatic carbocycles. The van der Waals surface area contributed by atoms with E-state index in [1.165, 1.54) is 18.7 Å². The molecule has 94 valence electrons. The third-order valence-electron chi connectivity index (χ3n) is 2.80. The van der Waals surface area contributed by atoms with Gasteiger partial charge in [0.15, 0.2) is 11.6 Å². The van der Waals surface area contributed by atoms with Gasteiger partial charge in [-0.15, -0.1) is 0 Å². The van der Waals surface area contributed by atoms with Crippen LogP contribution in [0.15, 0.2) is 48.5 Å². The zero-order chi connectivity index (χ0) is 13.0. The molecule has 0 bridgehead atoms. The van der Waals surface area contributed by atoms with E-state index in [4.69, 9.17) is 4.74 Å². The van der Waals surface area contributed by atoms with Crippen molar-refractivity contribution in [3.63, 3.8) is 0 Å². The second-order valence-electron chi connectivity index (χ2n) is 4.05. The Morgan fingerprint density at radius 3 is 2.50 bits per heavy atom. The molecular formula is C15H14BrFO. The molecule has 0 fully saturated rings. The quantitative estimate of drug-likeness (QED) is 0.755. The van der Waals surface area contributed by atoms with Crippen molar-refractivity contribution >= 4 is 15.9 Å². The summed E-state index contributed by atoms with van der Waals surface area (Å²) in [7, 11) is 1.47. The highest BCUT2D eigenvalue weighted by molar-refractivity contribution is 9.09. The van der Waals surface area contributed by atoms with E-state index in [1.807, 2.05) is 24.3 Å². The van der Waals surface area contributed by atoms with Gasteiger partial charge in [-0.05, 0) is 29.7 Å². The maximum absolute atomic E-state index is 13.6. The highest BCUT2D eigenvalue weighted by Crippen LogP contribution is 2.29. The minimum atomic E-state index is -0.326. The lowest BCUT2D eigenvalue weighted by molar-refractivity contribution is 0.386. The molecule has 0 spiro atoms. The SMILES string of the molecule is COc1ccc(C(Br)Cc2ccccc2)cc1F. The molecule has 18 heavy (non-hydrogen) atoms. The highest BCUT2D eigenvalue weighted by Gasteiger charge is 2.11. The molecule has 0 aliphatic rings. The summed E-state index contributed by atoms with van der Waals surface area (Å²) >= 11 is 3.60. The molecule has 0 N–H and O–H groups in total. The lowest BCUT2D eigenvalue weighted by Gasteiger charge is -2.11. The fourth-order valence-electron chi connectivity index (χ4n) is 1.82. The molecule has 3 heteroatoms. The van der Waals surface area contributed by atoms with Crippen LogP contribution in [0.2, 0.25) is 0 Å². The number of ether oxygens (including phenoxy) is 1. The second kappa shape index (κ2) is 6.01. The van der Waals surface area contributed by atoms with Crippen molar-refractivity contribution < 1.29 is 9.13 Å². The predicted molar refractivity (Wildman–Crippen MR) is 74.8 cm³/mol. The first-order valence-electron chi connectivity index (χ1n) is 5.72. The molecule has 0 radical (unpaired) electrons. The van der Waals surface area contributed by atoms with E-state index in [2.05, 4.69) is 28.1 Å². The van der Waals surface area contributed by atoms with E-state index in [9.17, 15) is 4.39 Å². The number of benzene rings is 2. The Hall–Kier alpha value is -1.35. The molecule has 0 saturated heterocycles. The van der Waals surface area contributed by atoms with Gasteiger partial charge in [-0.1, -0.05) is 52.3 Å². The van der Waals surface area contributed by atoms with E-state index in [0.29, 0.717) is 0 Å². The van der Waals surface area contributed by atoms with Gasteiger partial charge in [0, 0.05) is 4.83 Å². The van der Waals surface area contributed by atoms with E-state index >= 15 is 0 Å². The number of methoxy groups -OCH3 is 1. The van der Waals surface area contributed by atoms with Crippen LogP contribution in [0, 0.1) is 5.82 Å². The van der Waals surface area contributed by atoms with Gasteiger partial charge in [0.25, 0.3) is 0 Å². The molecule has 1 unspecified atom stereocenters. The van der Waals surface area contributed by atoms with Crippen molar-refractivity contribution in [2.24, 2.45) is 0 Å². The number of alkyl halides is 1. The van der Waals surface area contributed by atoms with Gasteiger partial charge >= 0.3 is 0 Å². The monoisotopic (exact) mass is 308 g/mol. The summed E-state index contributed by atoms with van der Waals surface area (Å²) in [6.45, 7) is 0. The molecule has 0 saturated carbocycles. The summed E-state index contributed by atoms with van der Waals surface area (Å²) in [6, 6.07) is 15.2. The lowest BCUT2D eigenvalue weighted by atomic mass is 10.0. The summed E-state index contributed by atoms with van der Waals surface area (Å²) in [5.41, 5.74) is 2.13. The van der Waals surface area contributed by atoms with Crippen LogP contribution in [0.3, 0.4) is 0 Å². The third-order valence-corrected chi connectivity index (χ3v) is 3.65. The third kappa shape index (κ3) is 3.10. The maximum atomic E-state index is 13.6. The van der Waals surface area contributed by atoms with E-state index in [1.54, 1.807) is 6.07 Å². The summed E-state index contributed by atoms with van der Waals surface area (Å²) in [5, 5.41) is 0. The topological polar surface area (TPSA) is 9.23 Å². The predicted octanol–water partition coefficient (Wildman–Crippen LogP) is 4.51. The highest BCUT2D eigenvalue weighted by atomic mass is 79.9. The first-order chi connectivity index (χ1) is 8.70. The standard InChI is InChI=1S/C15H14BrFO/c1-18-15-8-7-12(10-14(15)17)13(16)9-11-5-3-2-4-6-11/h2-8,10,13H,9H2,1H3. The Kier molecular flexibility index (Phi) is 4.37. The molecule has 0 aromatic heterocycles. The summed E-state index contributed by atoms with van der Waals surface area (Å²) in [5.74, 6) is -0.0503. The fourth-order valence-corrected chi connectivity index (χ4v) is 2.47. The van der Waals surface area contributed by atoms with Gasteiger partial charge < -0.3 is 4.74 Å². The first-order valence-corrected chi connectivity index (χ1v) is 6.63. The van der Waals surface area contributed by atoms with E-state index in [0.717, 1.165) is 12.0 Å². The minimum Gasteiger partial charge on any atom is -0.494 e. The van der Waals surface area contributed by atoms with Gasteiger partial charge in [-0.25, -0.2) is 4.39 Å². The van der Waals surface area contributed by atoms with Crippen molar-refractivity contribution in [1.29, 1.82) is 0 Å². The number of halogens is 2. The summed E-state index contributed by atoms with van der Waals surface area (Å²) < 4.78 is 18.5. The Balaban J connectivity index is 2.14. The van der Waals surface area contributed by atoms with Crippen molar-refractivity contribution in [2.45, 2.75) is 11.2 Å². The smallest absolute Gasteiger partial charge is 0.165 e. The number of hydrogen-bond acceptors (Lipinski definition) is 1. The fraction of sp³-hybridized carbons (Fsp3) is 0.200. The van der Waals surface area contributed by atoms with Gasteiger partial charge in [0.2, 0.25) is 0 Å². The average molecular weight is 309 g/mol. The normalized spacial score (nSPS) is 12.2. The van der Waals surface area contributed by atoms with Crippen molar-refractivity contribution in [3.05, 3.63) is 65.5 Å². The summed E-state index contributed by atoms with van der Waals surface area (Å²) in [6.07, 6.45) is 0.826. The first kappa shape index (κ1) is 13.1. The van der Waals surface area contributed by atoms with Crippen molar-refractivity contribution in [2.75, 3.05) is 7.11 Å². The van der Waals surface area contributed by atoms with E-state index in [-0.39, 0.29) is 16.4 Å². The van der Waals surface area contributed by atoms with Crippen LogP contribution in [0.1, 0.15) is 16.0 Å². The van der Waals surface area contributed by atoms with Gasteiger partial charge in [0.1, 0.15) is 0 Å². The summed E-state index contributed by atoms with van der Waals surface area (Å²) in [4.78, 5) is 0.0975. The molecule has 0 heterocycles. The van der Waals surface area contributed by atoms with Gasteiger partial charge in [-0.2, -0.15) is 0 Å². The second-order valence-corrected chi connectivity index (χ2v) is 5.16. The molecule has 0 amide bonds. The zero-order valence-electron chi connectivity index (χ0n) is 10.1. The van der Waals surface area contributed by atoms with Crippen molar-refractivity contribution in [3.8, 4) is 5.75 Å². The van der Waals surface area contributed by atoms with Gasteiger partial charge in [0.05, 0.1) is 7.11 Å². The molecular weight excluding hydrogens is 295 g/mol. The minimum absolute atomic E-state index is 0.0975. The lowest BCUT2D eigenvalue weighted by Crippen LogP contribution is -1.97. The van der Waals surface area contributed by atoms with Crippen LogP contribution < -0.4 is 4.74 Å². The van der Waals surface area contributed by atoms with Crippen LogP contribution in [0.25, 0.3) is 0 Å². The molecule has 2 aromatic rings. The molecule has 0 aliphatic heterocycles. The van der Waals surface area contributed by atoms with Crippen LogP contribution in [0.5, 0.6) is 5.75 Å².